The number of rotatable bonds is 5. The summed E-state index contributed by atoms with van der Waals surface area (Å²) in [5, 5.41) is 0. The first-order chi connectivity index (χ1) is 11.0. The van der Waals surface area contributed by atoms with Gasteiger partial charge < -0.3 is 9.47 Å². The number of methoxy groups -OCH3 is 1. The highest BCUT2D eigenvalue weighted by Gasteiger charge is 2.70. The Hall–Kier alpha value is -0.850. The Bertz CT molecular complexity index is 512. The molecule has 4 aliphatic carbocycles. The first kappa shape index (κ1) is 18.0. The molecule has 0 saturated heterocycles. The molecule has 0 radical (unpaired) electrons. The Labute approximate surface area is 139 Å². The summed E-state index contributed by atoms with van der Waals surface area (Å²) < 4.78 is 65.8. The fraction of sp³-hybridized carbons (Fsp3) is 0.941. The van der Waals surface area contributed by atoms with Gasteiger partial charge in [-0.1, -0.05) is 0 Å². The van der Waals surface area contributed by atoms with Crippen LogP contribution >= 0.6 is 0 Å². The maximum absolute atomic E-state index is 15.1. The van der Waals surface area contributed by atoms with Gasteiger partial charge in [0.15, 0.2) is 5.67 Å². The second-order valence-electron chi connectivity index (χ2n) is 8.13. The Morgan fingerprint density at radius 1 is 1.12 bits per heavy atom. The van der Waals surface area contributed by atoms with Crippen LogP contribution in [0.1, 0.15) is 46.0 Å². The molecular formula is C17H24F4O3. The monoisotopic (exact) mass is 352 g/mol. The molecule has 4 aliphatic rings. The SMILES string of the molecule is COC1(C(C)(F)CF)C2CC3CC1CC(OC(=O)C(C)(F)F)(C3)C2. The molecule has 7 heteroatoms. The largest absolute Gasteiger partial charge is 0.455 e. The molecule has 0 N–H and O–H groups in total. The van der Waals surface area contributed by atoms with Crippen molar-refractivity contribution in [1.82, 2.24) is 0 Å². The zero-order chi connectivity index (χ0) is 18.0. The number of carbonyl (C=O) groups is 1. The van der Waals surface area contributed by atoms with Crippen molar-refractivity contribution >= 4 is 5.97 Å². The third-order valence-electron chi connectivity index (χ3n) is 6.42. The van der Waals surface area contributed by atoms with Gasteiger partial charge >= 0.3 is 11.9 Å². The lowest BCUT2D eigenvalue weighted by atomic mass is 9.45. The van der Waals surface area contributed by atoms with Crippen molar-refractivity contribution in [2.75, 3.05) is 13.8 Å². The van der Waals surface area contributed by atoms with Gasteiger partial charge in [0, 0.05) is 14.0 Å². The van der Waals surface area contributed by atoms with Gasteiger partial charge in [-0.3, -0.25) is 0 Å². The maximum atomic E-state index is 15.1. The first-order valence-corrected chi connectivity index (χ1v) is 8.41. The van der Waals surface area contributed by atoms with Crippen LogP contribution in [0.15, 0.2) is 0 Å². The molecule has 0 aromatic rings. The van der Waals surface area contributed by atoms with Gasteiger partial charge in [0.2, 0.25) is 0 Å². The second-order valence-corrected chi connectivity index (χ2v) is 8.13. The Balaban J connectivity index is 1.92. The average molecular weight is 352 g/mol. The molecule has 3 nitrogen and oxygen atoms in total. The first-order valence-electron chi connectivity index (χ1n) is 8.41. The molecule has 0 aromatic heterocycles. The number of ether oxygens (including phenoxy) is 2. The summed E-state index contributed by atoms with van der Waals surface area (Å²) in [7, 11) is 1.38. The fourth-order valence-electron chi connectivity index (χ4n) is 5.81. The number of hydrogen-bond donors (Lipinski definition) is 0. The molecule has 4 bridgehead atoms. The van der Waals surface area contributed by atoms with Crippen LogP contribution in [-0.4, -0.2) is 42.5 Å². The van der Waals surface area contributed by atoms with E-state index < -0.39 is 35.4 Å². The summed E-state index contributed by atoms with van der Waals surface area (Å²) in [5.41, 5.74) is -4.45. The highest BCUT2D eigenvalue weighted by molar-refractivity contribution is 5.77. The predicted octanol–water partition coefficient (Wildman–Crippen LogP) is 3.85. The van der Waals surface area contributed by atoms with Crippen LogP contribution in [0.2, 0.25) is 0 Å². The van der Waals surface area contributed by atoms with E-state index in [-0.39, 0.29) is 30.6 Å². The normalized spacial score (nSPS) is 43.5. The zero-order valence-corrected chi connectivity index (χ0v) is 14.2. The average Bonchev–Trinajstić information content (AvgIpc) is 2.45. The number of halogens is 4. The van der Waals surface area contributed by atoms with E-state index in [1.165, 1.54) is 14.0 Å². The van der Waals surface area contributed by atoms with Gasteiger partial charge in [-0.2, -0.15) is 8.78 Å². The highest BCUT2D eigenvalue weighted by Crippen LogP contribution is 2.65. The molecule has 0 amide bonds. The molecule has 0 spiro atoms. The lowest BCUT2D eigenvalue weighted by Gasteiger charge is -2.66. The summed E-state index contributed by atoms with van der Waals surface area (Å²) in [5.74, 6) is -5.63. The molecule has 0 heterocycles. The van der Waals surface area contributed by atoms with Crippen molar-refractivity contribution < 1.29 is 31.8 Å². The fourth-order valence-corrected chi connectivity index (χ4v) is 5.81. The number of esters is 1. The molecule has 138 valence electrons. The lowest BCUT2D eigenvalue weighted by molar-refractivity contribution is -0.289. The smallest absolute Gasteiger partial charge is 0.377 e. The Morgan fingerprint density at radius 2 is 1.67 bits per heavy atom. The van der Waals surface area contributed by atoms with E-state index in [2.05, 4.69) is 0 Å². The van der Waals surface area contributed by atoms with Crippen LogP contribution < -0.4 is 0 Å². The molecule has 4 saturated carbocycles. The Kier molecular flexibility index (Phi) is 3.98. The molecule has 3 unspecified atom stereocenters. The zero-order valence-electron chi connectivity index (χ0n) is 14.2. The minimum absolute atomic E-state index is 0.166. The van der Waals surface area contributed by atoms with Gasteiger partial charge in [-0.05, 0) is 56.8 Å². The Morgan fingerprint density at radius 3 is 2.08 bits per heavy atom. The molecule has 24 heavy (non-hydrogen) atoms. The topological polar surface area (TPSA) is 35.5 Å². The minimum Gasteiger partial charge on any atom is -0.455 e. The molecule has 4 rings (SSSR count). The van der Waals surface area contributed by atoms with Crippen LogP contribution in [0, 0.1) is 17.8 Å². The summed E-state index contributed by atoms with van der Waals surface area (Å²) in [6.45, 7) is 0.549. The maximum Gasteiger partial charge on any atom is 0.377 e. The van der Waals surface area contributed by atoms with Crippen molar-refractivity contribution in [2.45, 2.75) is 68.7 Å². The van der Waals surface area contributed by atoms with Gasteiger partial charge in [0.05, 0.1) is 0 Å². The van der Waals surface area contributed by atoms with Gasteiger partial charge in [0.1, 0.15) is 17.9 Å². The van der Waals surface area contributed by atoms with E-state index in [4.69, 9.17) is 9.47 Å². The molecule has 0 aliphatic heterocycles. The van der Waals surface area contributed by atoms with Crippen LogP contribution in [0.4, 0.5) is 17.6 Å². The lowest BCUT2D eigenvalue weighted by Crippen LogP contribution is -2.72. The van der Waals surface area contributed by atoms with E-state index in [0.717, 1.165) is 0 Å². The summed E-state index contributed by atoms with van der Waals surface area (Å²) in [6.07, 6.45) is 2.29. The molecule has 4 fully saturated rings. The van der Waals surface area contributed by atoms with Crippen molar-refractivity contribution in [3.63, 3.8) is 0 Å². The van der Waals surface area contributed by atoms with E-state index in [9.17, 15) is 18.0 Å². The standard InChI is InChI=1S/C17H24F4O3/c1-14(19,9-18)17(23-3)11-4-10-5-12(17)8-16(6-10,7-11)24-13(22)15(2,20)21/h10-12H,4-9H2,1-3H3. The second kappa shape index (κ2) is 5.32. The van der Waals surface area contributed by atoms with Crippen LogP contribution in [0.5, 0.6) is 0 Å². The van der Waals surface area contributed by atoms with Crippen molar-refractivity contribution in [1.29, 1.82) is 0 Å². The van der Waals surface area contributed by atoms with E-state index in [1.807, 2.05) is 0 Å². The predicted molar refractivity (Wildman–Crippen MR) is 78.2 cm³/mol. The van der Waals surface area contributed by atoms with Gasteiger partial charge in [-0.25, -0.2) is 13.6 Å². The molecule has 3 atom stereocenters. The van der Waals surface area contributed by atoms with Crippen molar-refractivity contribution in [2.24, 2.45) is 17.8 Å². The van der Waals surface area contributed by atoms with E-state index in [1.54, 1.807) is 0 Å². The minimum atomic E-state index is -3.56. The number of hydrogen-bond acceptors (Lipinski definition) is 3. The third-order valence-corrected chi connectivity index (χ3v) is 6.42. The quantitative estimate of drug-likeness (QED) is 0.557. The number of alkyl halides is 4. The summed E-state index contributed by atoms with van der Waals surface area (Å²) in [6, 6.07) is 0. The van der Waals surface area contributed by atoms with Gasteiger partial charge in [-0.15, -0.1) is 0 Å². The van der Waals surface area contributed by atoms with Crippen LogP contribution in [0.25, 0.3) is 0 Å². The molecule has 0 aromatic carbocycles. The highest BCUT2D eigenvalue weighted by atomic mass is 19.3. The van der Waals surface area contributed by atoms with E-state index in [0.29, 0.717) is 26.2 Å². The summed E-state index contributed by atoms with van der Waals surface area (Å²) >= 11 is 0. The van der Waals surface area contributed by atoms with Crippen molar-refractivity contribution in [3.05, 3.63) is 0 Å². The summed E-state index contributed by atoms with van der Waals surface area (Å²) in [4.78, 5) is 11.7. The third kappa shape index (κ3) is 2.37. The molecular weight excluding hydrogens is 328 g/mol. The van der Waals surface area contributed by atoms with Crippen molar-refractivity contribution in [3.8, 4) is 0 Å². The van der Waals surface area contributed by atoms with Crippen LogP contribution in [0.3, 0.4) is 0 Å². The van der Waals surface area contributed by atoms with Crippen LogP contribution in [-0.2, 0) is 14.3 Å². The van der Waals surface area contributed by atoms with Gasteiger partial charge in [0.25, 0.3) is 0 Å². The van der Waals surface area contributed by atoms with E-state index >= 15 is 4.39 Å². The number of carbonyl (C=O) groups excluding carboxylic acids is 1.